The van der Waals surface area contributed by atoms with Gasteiger partial charge in [0.1, 0.15) is 0 Å². The molecule has 2 heteroatoms. The lowest BCUT2D eigenvalue weighted by Crippen LogP contribution is -2.25. The van der Waals surface area contributed by atoms with Gasteiger partial charge in [0.2, 0.25) is 0 Å². The second kappa shape index (κ2) is 6.03. The van der Waals surface area contributed by atoms with Crippen molar-refractivity contribution in [2.75, 3.05) is 18.0 Å². The first-order valence-electron chi connectivity index (χ1n) is 7.05. The average molecular weight is 245 g/mol. The van der Waals surface area contributed by atoms with Crippen molar-refractivity contribution in [1.29, 1.82) is 0 Å². The Morgan fingerprint density at radius 3 is 2.89 bits per heavy atom. The first-order valence-corrected chi connectivity index (χ1v) is 7.05. The minimum absolute atomic E-state index is 0.838. The Morgan fingerprint density at radius 2 is 2.17 bits per heavy atom. The fourth-order valence-corrected chi connectivity index (χ4v) is 2.87. The lowest BCUT2D eigenvalue weighted by atomic mass is 9.98. The molecule has 0 saturated carbocycles. The summed E-state index contributed by atoms with van der Waals surface area (Å²) in [5.74, 6) is 0.861. The van der Waals surface area contributed by atoms with Gasteiger partial charge in [-0.2, -0.15) is 0 Å². The number of anilines is 1. The second-order valence-corrected chi connectivity index (χ2v) is 5.37. The van der Waals surface area contributed by atoms with Crippen molar-refractivity contribution in [3.05, 3.63) is 29.3 Å². The summed E-state index contributed by atoms with van der Waals surface area (Å²) in [6.07, 6.45) is 6.09. The summed E-state index contributed by atoms with van der Waals surface area (Å²) >= 11 is 0. The fraction of sp³-hybridized carbons (Fsp3) is 0.562. The third-order valence-corrected chi connectivity index (χ3v) is 4.08. The lowest BCUT2D eigenvalue weighted by molar-refractivity contribution is 0.112. The van der Waals surface area contributed by atoms with Crippen LogP contribution in [-0.4, -0.2) is 19.4 Å². The van der Waals surface area contributed by atoms with E-state index in [-0.39, 0.29) is 0 Å². The van der Waals surface area contributed by atoms with Crippen LogP contribution in [0.15, 0.2) is 18.2 Å². The summed E-state index contributed by atoms with van der Waals surface area (Å²) in [6.45, 7) is 6.48. The van der Waals surface area contributed by atoms with Crippen LogP contribution in [0.25, 0.3) is 0 Å². The SMILES string of the molecule is CCC1CCCN(c2ccc(C)cc2C=O)CC1. The number of nitrogens with zero attached hydrogens (tertiary/aromatic N) is 1. The molecule has 0 N–H and O–H groups in total. The van der Waals surface area contributed by atoms with E-state index in [1.54, 1.807) is 0 Å². The highest BCUT2D eigenvalue weighted by Gasteiger charge is 2.17. The fourth-order valence-electron chi connectivity index (χ4n) is 2.87. The number of aldehydes is 1. The van der Waals surface area contributed by atoms with Crippen LogP contribution in [-0.2, 0) is 0 Å². The second-order valence-electron chi connectivity index (χ2n) is 5.37. The highest BCUT2D eigenvalue weighted by molar-refractivity contribution is 5.85. The molecule has 1 aliphatic heterocycles. The number of hydrogen-bond acceptors (Lipinski definition) is 2. The number of hydrogen-bond donors (Lipinski definition) is 0. The number of carbonyl (C=O) groups is 1. The van der Waals surface area contributed by atoms with Crippen LogP contribution >= 0.6 is 0 Å². The molecular formula is C16H23NO. The van der Waals surface area contributed by atoms with Gasteiger partial charge in [-0.1, -0.05) is 25.0 Å². The van der Waals surface area contributed by atoms with Gasteiger partial charge in [0.25, 0.3) is 0 Å². The monoisotopic (exact) mass is 245 g/mol. The predicted molar refractivity (Wildman–Crippen MR) is 76.4 cm³/mol. The standard InChI is InChI=1S/C16H23NO/c1-3-14-5-4-9-17(10-8-14)16-7-6-13(2)11-15(16)12-18/h6-7,11-12,14H,3-5,8-10H2,1-2H3. The van der Waals surface area contributed by atoms with Gasteiger partial charge in [0.05, 0.1) is 0 Å². The van der Waals surface area contributed by atoms with Crippen LogP contribution in [0.1, 0.15) is 48.5 Å². The normalized spacial score (nSPS) is 20.6. The van der Waals surface area contributed by atoms with Crippen molar-refractivity contribution in [1.82, 2.24) is 0 Å². The maximum absolute atomic E-state index is 11.2. The highest BCUT2D eigenvalue weighted by atomic mass is 16.1. The van der Waals surface area contributed by atoms with Crippen LogP contribution in [0.2, 0.25) is 0 Å². The first-order chi connectivity index (χ1) is 8.74. The molecule has 1 aromatic carbocycles. The van der Waals surface area contributed by atoms with Crippen molar-refractivity contribution < 1.29 is 4.79 Å². The van der Waals surface area contributed by atoms with Gasteiger partial charge in [0, 0.05) is 24.3 Å². The van der Waals surface area contributed by atoms with E-state index in [2.05, 4.69) is 24.0 Å². The van der Waals surface area contributed by atoms with E-state index in [9.17, 15) is 4.79 Å². The number of benzene rings is 1. The van der Waals surface area contributed by atoms with Gasteiger partial charge in [-0.05, 0) is 44.2 Å². The summed E-state index contributed by atoms with van der Waals surface area (Å²) in [7, 11) is 0. The third kappa shape index (κ3) is 2.92. The third-order valence-electron chi connectivity index (χ3n) is 4.08. The molecule has 1 unspecified atom stereocenters. The Kier molecular flexibility index (Phi) is 4.40. The van der Waals surface area contributed by atoms with E-state index >= 15 is 0 Å². The Balaban J connectivity index is 2.18. The molecule has 0 bridgehead atoms. The molecule has 1 fully saturated rings. The summed E-state index contributed by atoms with van der Waals surface area (Å²) < 4.78 is 0. The molecule has 1 heterocycles. The van der Waals surface area contributed by atoms with E-state index < -0.39 is 0 Å². The Hall–Kier alpha value is -1.31. The van der Waals surface area contributed by atoms with Gasteiger partial charge in [0.15, 0.2) is 6.29 Å². The van der Waals surface area contributed by atoms with Gasteiger partial charge in [-0.3, -0.25) is 4.79 Å². The zero-order chi connectivity index (χ0) is 13.0. The molecule has 2 nitrogen and oxygen atoms in total. The molecule has 98 valence electrons. The minimum atomic E-state index is 0.838. The maximum atomic E-state index is 11.2. The van der Waals surface area contributed by atoms with Gasteiger partial charge in [-0.25, -0.2) is 0 Å². The molecule has 18 heavy (non-hydrogen) atoms. The Labute approximate surface area is 110 Å². The molecular weight excluding hydrogens is 222 g/mol. The van der Waals surface area contributed by atoms with Gasteiger partial charge < -0.3 is 4.90 Å². The Morgan fingerprint density at radius 1 is 1.33 bits per heavy atom. The van der Waals surface area contributed by atoms with Crippen molar-refractivity contribution >= 4 is 12.0 Å². The molecule has 1 atom stereocenters. The zero-order valence-electron chi connectivity index (χ0n) is 11.5. The molecule has 1 aromatic rings. The zero-order valence-corrected chi connectivity index (χ0v) is 11.5. The summed E-state index contributed by atoms with van der Waals surface area (Å²) in [5.41, 5.74) is 3.11. The van der Waals surface area contributed by atoms with Gasteiger partial charge in [-0.15, -0.1) is 0 Å². The van der Waals surface area contributed by atoms with Crippen LogP contribution in [0.5, 0.6) is 0 Å². The topological polar surface area (TPSA) is 20.3 Å². The van der Waals surface area contributed by atoms with Crippen molar-refractivity contribution in [3.63, 3.8) is 0 Å². The highest BCUT2D eigenvalue weighted by Crippen LogP contribution is 2.26. The largest absolute Gasteiger partial charge is 0.371 e. The van der Waals surface area contributed by atoms with Crippen LogP contribution in [0.4, 0.5) is 5.69 Å². The molecule has 0 radical (unpaired) electrons. The summed E-state index contributed by atoms with van der Waals surface area (Å²) in [5, 5.41) is 0. The number of carbonyl (C=O) groups excluding carboxylic acids is 1. The number of aryl methyl sites for hydroxylation is 1. The van der Waals surface area contributed by atoms with Crippen LogP contribution < -0.4 is 4.90 Å². The van der Waals surface area contributed by atoms with Gasteiger partial charge >= 0.3 is 0 Å². The van der Waals surface area contributed by atoms with Crippen LogP contribution in [0.3, 0.4) is 0 Å². The van der Waals surface area contributed by atoms with Crippen molar-refractivity contribution in [3.8, 4) is 0 Å². The lowest BCUT2D eigenvalue weighted by Gasteiger charge is -2.24. The molecule has 0 amide bonds. The number of rotatable bonds is 3. The summed E-state index contributed by atoms with van der Waals surface area (Å²) in [6, 6.07) is 6.19. The predicted octanol–water partition coefficient (Wildman–Crippen LogP) is 3.82. The molecule has 1 saturated heterocycles. The van der Waals surface area contributed by atoms with Crippen LogP contribution in [0, 0.1) is 12.8 Å². The minimum Gasteiger partial charge on any atom is -0.371 e. The Bertz CT molecular complexity index is 414. The average Bonchev–Trinajstić information content (AvgIpc) is 2.63. The van der Waals surface area contributed by atoms with E-state index in [0.717, 1.165) is 42.1 Å². The van der Waals surface area contributed by atoms with E-state index in [4.69, 9.17) is 0 Å². The smallest absolute Gasteiger partial charge is 0.152 e. The van der Waals surface area contributed by atoms with Crippen molar-refractivity contribution in [2.45, 2.75) is 39.5 Å². The molecule has 0 aromatic heterocycles. The van der Waals surface area contributed by atoms with Crippen molar-refractivity contribution in [2.24, 2.45) is 5.92 Å². The molecule has 2 rings (SSSR count). The summed E-state index contributed by atoms with van der Waals surface area (Å²) in [4.78, 5) is 13.6. The maximum Gasteiger partial charge on any atom is 0.152 e. The van der Waals surface area contributed by atoms with E-state index in [0.29, 0.717) is 0 Å². The van der Waals surface area contributed by atoms with E-state index in [1.165, 1.54) is 25.7 Å². The molecule has 0 spiro atoms. The molecule has 1 aliphatic rings. The van der Waals surface area contributed by atoms with E-state index in [1.807, 2.05) is 13.0 Å². The molecule has 0 aliphatic carbocycles. The first kappa shape index (κ1) is 13.1. The quantitative estimate of drug-likeness (QED) is 0.754.